The van der Waals surface area contributed by atoms with Crippen LogP contribution in [-0.2, 0) is 6.54 Å². The van der Waals surface area contributed by atoms with Gasteiger partial charge in [0.2, 0.25) is 5.95 Å². The molecule has 0 radical (unpaired) electrons. The third-order valence-corrected chi connectivity index (χ3v) is 5.17. The molecule has 0 amide bonds. The van der Waals surface area contributed by atoms with Gasteiger partial charge in [0.25, 0.3) is 0 Å². The van der Waals surface area contributed by atoms with Crippen LogP contribution in [-0.4, -0.2) is 32.3 Å². The van der Waals surface area contributed by atoms with Gasteiger partial charge in [-0.2, -0.15) is 4.98 Å². The number of para-hydroxylation sites is 2. The molecule has 0 unspecified atom stereocenters. The van der Waals surface area contributed by atoms with E-state index in [1.807, 2.05) is 18.2 Å². The standard InChI is InChI=1S/C22H20FN5O2/c1-30-19-5-3-2-4-17(19)28-20-18(12-24-21(26-20)25-16-10-11-16)27(22(28)29)13-14-6-8-15(23)9-7-14/h2-9,12,16H,10-11,13H2,1H3,(H,24,25,26). The molecule has 2 heterocycles. The van der Waals surface area contributed by atoms with Crippen molar-refractivity contribution >= 4 is 17.1 Å². The fourth-order valence-electron chi connectivity index (χ4n) is 3.47. The summed E-state index contributed by atoms with van der Waals surface area (Å²) < 4.78 is 21.9. The molecule has 1 N–H and O–H groups in total. The molecule has 30 heavy (non-hydrogen) atoms. The van der Waals surface area contributed by atoms with Gasteiger partial charge in [0.05, 0.1) is 25.5 Å². The van der Waals surface area contributed by atoms with Crippen molar-refractivity contribution < 1.29 is 9.13 Å². The topological polar surface area (TPSA) is 74.0 Å². The Bertz CT molecular complexity index is 1280. The average Bonchev–Trinajstić information content (AvgIpc) is 3.54. The van der Waals surface area contributed by atoms with Crippen molar-refractivity contribution in [1.82, 2.24) is 19.1 Å². The molecule has 8 heteroatoms. The van der Waals surface area contributed by atoms with E-state index in [0.717, 1.165) is 18.4 Å². The predicted octanol–water partition coefficient (Wildman–Crippen LogP) is 3.35. The van der Waals surface area contributed by atoms with Crippen molar-refractivity contribution in [2.24, 2.45) is 0 Å². The van der Waals surface area contributed by atoms with Gasteiger partial charge in [0.15, 0.2) is 5.65 Å². The highest BCUT2D eigenvalue weighted by atomic mass is 19.1. The van der Waals surface area contributed by atoms with Crippen LogP contribution in [0.1, 0.15) is 18.4 Å². The van der Waals surface area contributed by atoms with Crippen molar-refractivity contribution in [1.29, 1.82) is 0 Å². The Morgan fingerprint density at radius 2 is 1.93 bits per heavy atom. The van der Waals surface area contributed by atoms with Crippen LogP contribution in [0.5, 0.6) is 5.75 Å². The monoisotopic (exact) mass is 405 g/mol. The van der Waals surface area contributed by atoms with Crippen LogP contribution >= 0.6 is 0 Å². The zero-order valence-corrected chi connectivity index (χ0v) is 16.4. The highest BCUT2D eigenvalue weighted by Gasteiger charge is 2.24. The number of aromatic nitrogens is 4. The molecule has 0 saturated heterocycles. The minimum absolute atomic E-state index is 0.267. The van der Waals surface area contributed by atoms with Gasteiger partial charge in [0.1, 0.15) is 17.1 Å². The number of rotatable bonds is 6. The van der Waals surface area contributed by atoms with E-state index in [-0.39, 0.29) is 18.1 Å². The number of halogens is 1. The Balaban J connectivity index is 1.71. The largest absolute Gasteiger partial charge is 0.495 e. The number of ether oxygens (including phenoxy) is 1. The number of hydrogen-bond donors (Lipinski definition) is 1. The third kappa shape index (κ3) is 3.30. The number of hydrogen-bond acceptors (Lipinski definition) is 5. The Hall–Kier alpha value is -3.68. The van der Waals surface area contributed by atoms with Crippen LogP contribution in [0.25, 0.3) is 16.9 Å². The van der Waals surface area contributed by atoms with Crippen LogP contribution < -0.4 is 15.7 Å². The molecular formula is C22H20FN5O2. The van der Waals surface area contributed by atoms with Gasteiger partial charge in [-0.15, -0.1) is 0 Å². The van der Waals surface area contributed by atoms with Crippen molar-refractivity contribution in [3.05, 3.63) is 76.6 Å². The fraction of sp³-hybridized carbons (Fsp3) is 0.227. The second-order valence-corrected chi connectivity index (χ2v) is 7.32. The smallest absolute Gasteiger partial charge is 0.335 e. The van der Waals surface area contributed by atoms with E-state index in [0.29, 0.717) is 34.6 Å². The van der Waals surface area contributed by atoms with E-state index in [2.05, 4.69) is 15.3 Å². The number of imidazole rings is 1. The Labute approximate surface area is 171 Å². The maximum absolute atomic E-state index is 13.5. The molecule has 1 saturated carbocycles. The quantitative estimate of drug-likeness (QED) is 0.533. The minimum Gasteiger partial charge on any atom is -0.495 e. The molecule has 1 aliphatic carbocycles. The molecule has 1 fully saturated rings. The molecular weight excluding hydrogens is 385 g/mol. The first-order chi connectivity index (χ1) is 14.6. The number of nitrogens with one attached hydrogen (secondary N) is 1. The number of anilines is 1. The molecule has 0 atom stereocenters. The van der Waals surface area contributed by atoms with E-state index >= 15 is 0 Å². The Kier molecular flexibility index (Phi) is 4.46. The molecule has 2 aromatic carbocycles. The lowest BCUT2D eigenvalue weighted by Crippen LogP contribution is -2.24. The van der Waals surface area contributed by atoms with Gasteiger partial charge in [-0.1, -0.05) is 24.3 Å². The van der Waals surface area contributed by atoms with Gasteiger partial charge in [-0.25, -0.2) is 18.7 Å². The molecule has 7 nitrogen and oxygen atoms in total. The lowest BCUT2D eigenvalue weighted by molar-refractivity contribution is 0.412. The first-order valence-electron chi connectivity index (χ1n) is 9.76. The van der Waals surface area contributed by atoms with Crippen LogP contribution in [0.3, 0.4) is 0 Å². The van der Waals surface area contributed by atoms with Gasteiger partial charge in [-0.05, 0) is 42.7 Å². The highest BCUT2D eigenvalue weighted by molar-refractivity contribution is 5.75. The van der Waals surface area contributed by atoms with E-state index in [9.17, 15) is 9.18 Å². The Morgan fingerprint density at radius 1 is 1.17 bits per heavy atom. The van der Waals surface area contributed by atoms with Gasteiger partial charge < -0.3 is 10.1 Å². The van der Waals surface area contributed by atoms with Crippen molar-refractivity contribution in [2.75, 3.05) is 12.4 Å². The molecule has 4 aromatic rings. The van der Waals surface area contributed by atoms with Crippen LogP contribution in [0.2, 0.25) is 0 Å². The highest BCUT2D eigenvalue weighted by Crippen LogP contribution is 2.27. The normalized spacial score (nSPS) is 13.5. The lowest BCUT2D eigenvalue weighted by atomic mass is 10.2. The first-order valence-corrected chi connectivity index (χ1v) is 9.76. The third-order valence-electron chi connectivity index (χ3n) is 5.17. The molecule has 0 spiro atoms. The summed E-state index contributed by atoms with van der Waals surface area (Å²) in [6, 6.07) is 13.8. The van der Waals surface area contributed by atoms with Crippen molar-refractivity contribution in [3.63, 3.8) is 0 Å². The fourth-order valence-corrected chi connectivity index (χ4v) is 3.47. The molecule has 1 aliphatic rings. The van der Waals surface area contributed by atoms with Gasteiger partial charge in [-0.3, -0.25) is 4.57 Å². The van der Waals surface area contributed by atoms with E-state index in [1.54, 1.807) is 36.1 Å². The van der Waals surface area contributed by atoms with E-state index in [1.165, 1.54) is 16.7 Å². The second kappa shape index (κ2) is 7.29. The van der Waals surface area contributed by atoms with Gasteiger partial charge in [0, 0.05) is 6.04 Å². The number of nitrogens with zero attached hydrogens (tertiary/aromatic N) is 4. The van der Waals surface area contributed by atoms with Crippen molar-refractivity contribution in [3.8, 4) is 11.4 Å². The predicted molar refractivity (Wildman–Crippen MR) is 112 cm³/mol. The van der Waals surface area contributed by atoms with Crippen molar-refractivity contribution in [2.45, 2.75) is 25.4 Å². The summed E-state index contributed by atoms with van der Waals surface area (Å²) in [4.78, 5) is 22.5. The zero-order valence-electron chi connectivity index (χ0n) is 16.4. The zero-order chi connectivity index (χ0) is 20.7. The molecule has 0 bridgehead atoms. The summed E-state index contributed by atoms with van der Waals surface area (Å²) in [5, 5.41) is 3.28. The summed E-state index contributed by atoms with van der Waals surface area (Å²) in [5.74, 6) is 0.741. The van der Waals surface area contributed by atoms with Crippen LogP contribution in [0.4, 0.5) is 10.3 Å². The summed E-state index contributed by atoms with van der Waals surface area (Å²) in [5.41, 5.74) is 2.22. The lowest BCUT2D eigenvalue weighted by Gasteiger charge is -2.09. The van der Waals surface area contributed by atoms with E-state index < -0.39 is 0 Å². The summed E-state index contributed by atoms with van der Waals surface area (Å²) in [6.07, 6.45) is 3.84. The first kappa shape index (κ1) is 18.4. The maximum atomic E-state index is 13.5. The second-order valence-electron chi connectivity index (χ2n) is 7.32. The summed E-state index contributed by atoms with van der Waals surface area (Å²) >= 11 is 0. The van der Waals surface area contributed by atoms with Crippen LogP contribution in [0.15, 0.2) is 59.5 Å². The van der Waals surface area contributed by atoms with Crippen LogP contribution in [0, 0.1) is 5.82 Å². The summed E-state index contributed by atoms with van der Waals surface area (Å²) in [7, 11) is 1.57. The molecule has 152 valence electrons. The average molecular weight is 405 g/mol. The SMILES string of the molecule is COc1ccccc1-n1c(=O)n(Cc2ccc(F)cc2)c2cnc(NC3CC3)nc21. The van der Waals surface area contributed by atoms with E-state index in [4.69, 9.17) is 4.74 Å². The number of methoxy groups -OCH3 is 1. The van der Waals surface area contributed by atoms with Gasteiger partial charge >= 0.3 is 5.69 Å². The summed E-state index contributed by atoms with van der Waals surface area (Å²) in [6.45, 7) is 0.274. The molecule has 2 aromatic heterocycles. The number of fused-ring (bicyclic) bond motifs is 1. The molecule has 5 rings (SSSR count). The Morgan fingerprint density at radius 3 is 2.67 bits per heavy atom. The molecule has 0 aliphatic heterocycles. The minimum atomic E-state index is -0.318. The maximum Gasteiger partial charge on any atom is 0.335 e. The number of benzene rings is 2.